The van der Waals surface area contributed by atoms with Gasteiger partial charge in [-0.05, 0) is 50.5 Å². The summed E-state index contributed by atoms with van der Waals surface area (Å²) in [6.45, 7) is 5.07. The summed E-state index contributed by atoms with van der Waals surface area (Å²) in [5.74, 6) is -0.225. The predicted octanol–water partition coefficient (Wildman–Crippen LogP) is 3.16. The van der Waals surface area contributed by atoms with Crippen LogP contribution in [0.5, 0.6) is 0 Å². The molecule has 0 aromatic heterocycles. The van der Waals surface area contributed by atoms with Crippen molar-refractivity contribution in [3.63, 3.8) is 0 Å². The van der Waals surface area contributed by atoms with Gasteiger partial charge < -0.3 is 10.2 Å². The Morgan fingerprint density at radius 2 is 1.76 bits per heavy atom. The quantitative estimate of drug-likeness (QED) is 0.465. The number of para-hydroxylation sites is 2. The third-order valence-electron chi connectivity index (χ3n) is 6.08. The topological polar surface area (TPSA) is 113 Å². The smallest absolute Gasteiger partial charge is 0.292 e. The minimum Gasteiger partial charge on any atom is -0.366 e. The van der Waals surface area contributed by atoms with Crippen LogP contribution in [-0.2, 0) is 21.4 Å². The standard InChI is InChI=1S/C23H30N4O5S/c1-17(2)25(3)33(31,32)20-10-8-18(9-11-20)16-24-23(28)19-12-14-26(15-13-19)21-6-4-5-7-22(21)27(29)30/h4-11,17,19H,12-16H2,1-3H3,(H,24,28). The fraction of sp³-hybridized carbons (Fsp3) is 0.435. The van der Waals surface area contributed by atoms with E-state index in [0.29, 0.717) is 38.2 Å². The van der Waals surface area contributed by atoms with Crippen molar-refractivity contribution in [2.24, 2.45) is 5.92 Å². The molecule has 1 N–H and O–H groups in total. The molecule has 1 fully saturated rings. The molecule has 178 valence electrons. The van der Waals surface area contributed by atoms with Gasteiger partial charge in [-0.1, -0.05) is 24.3 Å². The second-order valence-corrected chi connectivity index (χ2v) is 10.5. The second-order valence-electron chi connectivity index (χ2n) is 8.48. The maximum Gasteiger partial charge on any atom is 0.292 e. The van der Waals surface area contributed by atoms with E-state index < -0.39 is 10.0 Å². The van der Waals surface area contributed by atoms with E-state index in [0.717, 1.165) is 5.56 Å². The van der Waals surface area contributed by atoms with E-state index in [4.69, 9.17) is 0 Å². The van der Waals surface area contributed by atoms with Crippen molar-refractivity contribution in [2.45, 2.75) is 44.2 Å². The number of anilines is 1. The summed E-state index contributed by atoms with van der Waals surface area (Å²) < 4.78 is 26.4. The van der Waals surface area contributed by atoms with Crippen LogP contribution in [0.4, 0.5) is 11.4 Å². The lowest BCUT2D eigenvalue weighted by atomic mass is 9.95. The van der Waals surface area contributed by atoms with Gasteiger partial charge >= 0.3 is 0 Å². The van der Waals surface area contributed by atoms with Crippen molar-refractivity contribution in [2.75, 3.05) is 25.0 Å². The first-order valence-corrected chi connectivity index (χ1v) is 12.4. The first kappa shape index (κ1) is 24.7. The monoisotopic (exact) mass is 474 g/mol. The number of nitro benzene ring substituents is 1. The highest BCUT2D eigenvalue weighted by Crippen LogP contribution is 2.31. The fourth-order valence-corrected chi connectivity index (χ4v) is 5.19. The largest absolute Gasteiger partial charge is 0.366 e. The molecule has 0 bridgehead atoms. The zero-order valence-electron chi connectivity index (χ0n) is 19.1. The molecule has 33 heavy (non-hydrogen) atoms. The van der Waals surface area contributed by atoms with Crippen LogP contribution in [0.2, 0.25) is 0 Å². The number of hydrogen-bond donors (Lipinski definition) is 1. The normalized spacial score (nSPS) is 15.1. The molecule has 1 aliphatic rings. The molecule has 2 aromatic carbocycles. The second kappa shape index (κ2) is 10.3. The Labute approximate surface area is 194 Å². The molecule has 10 heteroatoms. The number of nitrogens with zero attached hydrogens (tertiary/aromatic N) is 3. The van der Waals surface area contributed by atoms with Crippen molar-refractivity contribution in [3.8, 4) is 0 Å². The maximum atomic E-state index is 12.6. The lowest BCUT2D eigenvalue weighted by Gasteiger charge is -2.32. The van der Waals surface area contributed by atoms with Crippen molar-refractivity contribution >= 4 is 27.3 Å². The molecule has 1 saturated heterocycles. The molecule has 0 atom stereocenters. The van der Waals surface area contributed by atoms with E-state index in [1.165, 1.54) is 10.4 Å². The molecule has 0 aliphatic carbocycles. The average Bonchev–Trinajstić information content (AvgIpc) is 2.82. The highest BCUT2D eigenvalue weighted by atomic mass is 32.2. The average molecular weight is 475 g/mol. The molecule has 1 aliphatic heterocycles. The minimum atomic E-state index is -3.54. The molecule has 0 spiro atoms. The Morgan fingerprint density at radius 3 is 2.33 bits per heavy atom. The molecule has 1 amide bonds. The number of rotatable bonds is 8. The third kappa shape index (κ3) is 5.69. The van der Waals surface area contributed by atoms with Crippen LogP contribution in [0.3, 0.4) is 0 Å². The van der Waals surface area contributed by atoms with Crippen LogP contribution < -0.4 is 10.2 Å². The van der Waals surface area contributed by atoms with Crippen molar-refractivity contribution in [1.82, 2.24) is 9.62 Å². The van der Waals surface area contributed by atoms with Gasteiger partial charge in [-0.15, -0.1) is 0 Å². The van der Waals surface area contributed by atoms with Gasteiger partial charge in [0.25, 0.3) is 5.69 Å². The minimum absolute atomic E-state index is 0.0616. The maximum absolute atomic E-state index is 12.6. The number of amides is 1. The summed E-state index contributed by atoms with van der Waals surface area (Å²) in [4.78, 5) is 25.7. The van der Waals surface area contributed by atoms with Gasteiger partial charge in [0, 0.05) is 44.7 Å². The number of nitro groups is 1. The number of piperidine rings is 1. The van der Waals surface area contributed by atoms with Crippen LogP contribution in [0.25, 0.3) is 0 Å². The Balaban J connectivity index is 1.54. The highest BCUT2D eigenvalue weighted by Gasteiger charge is 2.28. The fourth-order valence-electron chi connectivity index (χ4n) is 3.83. The molecule has 0 unspecified atom stereocenters. The summed E-state index contributed by atoms with van der Waals surface area (Å²) in [7, 11) is -1.99. The van der Waals surface area contributed by atoms with E-state index in [1.807, 2.05) is 18.7 Å². The van der Waals surface area contributed by atoms with Gasteiger partial charge in [0.1, 0.15) is 5.69 Å². The van der Waals surface area contributed by atoms with Crippen LogP contribution in [0.1, 0.15) is 32.3 Å². The molecule has 1 heterocycles. The van der Waals surface area contributed by atoms with Crippen LogP contribution in [0.15, 0.2) is 53.4 Å². The first-order valence-electron chi connectivity index (χ1n) is 10.9. The van der Waals surface area contributed by atoms with Gasteiger partial charge in [0.15, 0.2) is 0 Å². The van der Waals surface area contributed by atoms with Gasteiger partial charge in [0.2, 0.25) is 15.9 Å². The van der Waals surface area contributed by atoms with Gasteiger partial charge in [0.05, 0.1) is 9.82 Å². The number of sulfonamides is 1. The van der Waals surface area contributed by atoms with E-state index in [-0.39, 0.29) is 33.4 Å². The lowest BCUT2D eigenvalue weighted by Crippen LogP contribution is -2.40. The predicted molar refractivity (Wildman–Crippen MR) is 126 cm³/mol. The molecular formula is C23H30N4O5S. The summed E-state index contributed by atoms with van der Waals surface area (Å²) >= 11 is 0. The zero-order valence-corrected chi connectivity index (χ0v) is 19.9. The van der Waals surface area contributed by atoms with Crippen LogP contribution >= 0.6 is 0 Å². The van der Waals surface area contributed by atoms with E-state index in [1.54, 1.807) is 49.5 Å². The molecule has 3 rings (SSSR count). The van der Waals surface area contributed by atoms with Crippen molar-refractivity contribution in [3.05, 3.63) is 64.2 Å². The first-order chi connectivity index (χ1) is 15.6. The Morgan fingerprint density at radius 1 is 1.15 bits per heavy atom. The molecular weight excluding hydrogens is 444 g/mol. The van der Waals surface area contributed by atoms with E-state index in [9.17, 15) is 23.3 Å². The van der Waals surface area contributed by atoms with Crippen LogP contribution in [-0.4, -0.2) is 49.7 Å². The summed E-state index contributed by atoms with van der Waals surface area (Å²) in [6, 6.07) is 13.0. The highest BCUT2D eigenvalue weighted by molar-refractivity contribution is 7.89. The summed E-state index contributed by atoms with van der Waals surface area (Å²) in [5.41, 5.74) is 1.47. The summed E-state index contributed by atoms with van der Waals surface area (Å²) in [5, 5.41) is 14.2. The number of benzene rings is 2. The molecule has 2 aromatic rings. The third-order valence-corrected chi connectivity index (χ3v) is 8.13. The number of hydrogen-bond acceptors (Lipinski definition) is 6. The SMILES string of the molecule is CC(C)N(C)S(=O)(=O)c1ccc(CNC(=O)C2CCN(c3ccccc3[N+](=O)[O-])CC2)cc1. The molecule has 9 nitrogen and oxygen atoms in total. The van der Waals surface area contributed by atoms with E-state index >= 15 is 0 Å². The summed E-state index contributed by atoms with van der Waals surface area (Å²) in [6.07, 6.45) is 1.22. The number of carbonyl (C=O) groups excluding carboxylic acids is 1. The van der Waals surface area contributed by atoms with Crippen molar-refractivity contribution in [1.29, 1.82) is 0 Å². The van der Waals surface area contributed by atoms with Crippen molar-refractivity contribution < 1.29 is 18.1 Å². The van der Waals surface area contributed by atoms with Gasteiger partial charge in [-0.25, -0.2) is 8.42 Å². The van der Waals surface area contributed by atoms with Gasteiger partial charge in [-0.3, -0.25) is 14.9 Å². The lowest BCUT2D eigenvalue weighted by molar-refractivity contribution is -0.384. The molecule has 0 radical (unpaired) electrons. The number of carbonyl (C=O) groups is 1. The van der Waals surface area contributed by atoms with Gasteiger partial charge in [-0.2, -0.15) is 4.31 Å². The number of nitrogens with one attached hydrogen (secondary N) is 1. The Hall–Kier alpha value is -2.98. The molecule has 0 saturated carbocycles. The Bertz CT molecular complexity index is 1090. The van der Waals surface area contributed by atoms with Crippen LogP contribution in [0, 0.1) is 16.0 Å². The van der Waals surface area contributed by atoms with E-state index in [2.05, 4.69) is 5.32 Å². The zero-order chi connectivity index (χ0) is 24.2. The Kier molecular flexibility index (Phi) is 7.70.